The van der Waals surface area contributed by atoms with E-state index in [2.05, 4.69) is 26.5 Å². The van der Waals surface area contributed by atoms with Gasteiger partial charge in [-0.15, -0.1) is 0 Å². The van der Waals surface area contributed by atoms with Crippen LogP contribution in [-0.4, -0.2) is 11.6 Å². The minimum Gasteiger partial charge on any atom is -0.274 e. The van der Waals surface area contributed by atoms with Crippen molar-refractivity contribution in [2.45, 2.75) is 13.8 Å². The first kappa shape index (κ1) is 10.9. The number of rotatable bonds is 2. The van der Waals surface area contributed by atoms with E-state index in [9.17, 15) is 4.79 Å². The molecule has 0 atom stereocenters. The van der Waals surface area contributed by atoms with E-state index < -0.39 is 0 Å². The highest BCUT2D eigenvalue weighted by atomic mass is 79.9. The second kappa shape index (κ2) is 4.91. The Morgan fingerprint density at radius 3 is 2.71 bits per heavy atom. The number of halogens is 1. The van der Waals surface area contributed by atoms with Gasteiger partial charge in [0.2, 0.25) is 5.91 Å². The van der Waals surface area contributed by atoms with Gasteiger partial charge in [0.05, 0.1) is 5.71 Å². The Labute approximate surface area is 91.3 Å². The van der Waals surface area contributed by atoms with E-state index in [4.69, 9.17) is 0 Å². The highest BCUT2D eigenvalue weighted by Crippen LogP contribution is 2.12. The topological polar surface area (TPSA) is 41.5 Å². The molecular weight excluding hydrogens is 244 g/mol. The van der Waals surface area contributed by atoms with Crippen LogP contribution in [0, 0.1) is 0 Å². The number of carbonyl (C=O) groups is 1. The third kappa shape index (κ3) is 3.30. The van der Waals surface area contributed by atoms with Crippen LogP contribution in [0.4, 0.5) is 0 Å². The van der Waals surface area contributed by atoms with Crippen molar-refractivity contribution in [3.05, 3.63) is 34.3 Å². The average Bonchev–Trinajstić information content (AvgIpc) is 2.14. The lowest BCUT2D eigenvalue weighted by Gasteiger charge is -2.01. The van der Waals surface area contributed by atoms with Crippen LogP contribution >= 0.6 is 15.9 Å². The van der Waals surface area contributed by atoms with Gasteiger partial charge >= 0.3 is 0 Å². The maximum atomic E-state index is 10.6. The zero-order valence-electron chi connectivity index (χ0n) is 8.04. The van der Waals surface area contributed by atoms with Crippen LogP contribution in [0.15, 0.2) is 33.8 Å². The summed E-state index contributed by atoms with van der Waals surface area (Å²) in [4.78, 5) is 10.6. The monoisotopic (exact) mass is 254 g/mol. The van der Waals surface area contributed by atoms with Crippen molar-refractivity contribution in [3.8, 4) is 0 Å². The largest absolute Gasteiger partial charge is 0.274 e. The summed E-state index contributed by atoms with van der Waals surface area (Å²) in [6.45, 7) is 3.27. The summed E-state index contributed by atoms with van der Waals surface area (Å²) < 4.78 is 0.993. The van der Waals surface area contributed by atoms with Crippen molar-refractivity contribution < 1.29 is 4.79 Å². The van der Waals surface area contributed by atoms with E-state index in [0.29, 0.717) is 0 Å². The average molecular weight is 255 g/mol. The highest BCUT2D eigenvalue weighted by Gasteiger charge is 1.97. The molecule has 14 heavy (non-hydrogen) atoms. The molecule has 1 aromatic carbocycles. The van der Waals surface area contributed by atoms with Crippen molar-refractivity contribution in [2.24, 2.45) is 5.10 Å². The Morgan fingerprint density at radius 2 is 2.14 bits per heavy atom. The second-order valence-corrected chi connectivity index (χ2v) is 3.79. The summed E-state index contributed by atoms with van der Waals surface area (Å²) in [7, 11) is 0. The number of amides is 1. The van der Waals surface area contributed by atoms with Gasteiger partial charge in [-0.3, -0.25) is 4.79 Å². The molecule has 0 aromatic heterocycles. The van der Waals surface area contributed by atoms with E-state index in [1.165, 1.54) is 6.92 Å². The molecule has 1 aromatic rings. The van der Waals surface area contributed by atoms with Crippen molar-refractivity contribution in [1.29, 1.82) is 0 Å². The number of hydrazone groups is 1. The van der Waals surface area contributed by atoms with Gasteiger partial charge < -0.3 is 0 Å². The van der Waals surface area contributed by atoms with Crippen LogP contribution < -0.4 is 5.43 Å². The zero-order valence-corrected chi connectivity index (χ0v) is 9.63. The van der Waals surface area contributed by atoms with Gasteiger partial charge in [0.1, 0.15) is 0 Å². The van der Waals surface area contributed by atoms with Crippen LogP contribution in [0.5, 0.6) is 0 Å². The van der Waals surface area contributed by atoms with Crippen LogP contribution in [0.2, 0.25) is 0 Å². The molecule has 0 aliphatic rings. The van der Waals surface area contributed by atoms with Crippen molar-refractivity contribution in [3.63, 3.8) is 0 Å². The van der Waals surface area contributed by atoms with Crippen LogP contribution in [0.3, 0.4) is 0 Å². The summed E-state index contributed by atoms with van der Waals surface area (Å²) >= 11 is 3.37. The quantitative estimate of drug-likeness (QED) is 0.639. The first-order valence-electron chi connectivity index (χ1n) is 4.16. The molecule has 0 saturated carbocycles. The minimum atomic E-state index is -0.167. The molecule has 0 fully saturated rings. The Hall–Kier alpha value is -1.16. The smallest absolute Gasteiger partial charge is 0.236 e. The molecule has 1 rings (SSSR count). The van der Waals surface area contributed by atoms with E-state index in [-0.39, 0.29) is 5.91 Å². The fourth-order valence-corrected chi connectivity index (χ4v) is 1.34. The highest BCUT2D eigenvalue weighted by molar-refractivity contribution is 9.10. The molecule has 0 unspecified atom stereocenters. The number of benzene rings is 1. The molecule has 0 spiro atoms. The Kier molecular flexibility index (Phi) is 3.83. The SMILES string of the molecule is CC(=O)N/N=C(/C)c1cccc(Br)c1. The van der Waals surface area contributed by atoms with Crippen LogP contribution in [0.25, 0.3) is 0 Å². The van der Waals surface area contributed by atoms with Crippen molar-refractivity contribution >= 4 is 27.5 Å². The Balaban J connectivity index is 2.83. The van der Waals surface area contributed by atoms with E-state index in [1.54, 1.807) is 0 Å². The maximum Gasteiger partial charge on any atom is 0.236 e. The van der Waals surface area contributed by atoms with Gasteiger partial charge in [0.15, 0.2) is 0 Å². The lowest BCUT2D eigenvalue weighted by Crippen LogP contribution is -2.14. The van der Waals surface area contributed by atoms with Gasteiger partial charge in [-0.1, -0.05) is 28.1 Å². The molecule has 0 saturated heterocycles. The normalized spacial score (nSPS) is 11.2. The summed E-state index contributed by atoms with van der Waals surface area (Å²) in [6, 6.07) is 7.74. The van der Waals surface area contributed by atoms with Crippen molar-refractivity contribution in [2.75, 3.05) is 0 Å². The maximum absolute atomic E-state index is 10.6. The lowest BCUT2D eigenvalue weighted by atomic mass is 10.1. The summed E-state index contributed by atoms with van der Waals surface area (Å²) in [5, 5.41) is 3.93. The van der Waals surface area contributed by atoms with E-state index in [1.807, 2.05) is 31.2 Å². The molecule has 0 aliphatic carbocycles. The molecule has 74 valence electrons. The Morgan fingerprint density at radius 1 is 1.43 bits per heavy atom. The second-order valence-electron chi connectivity index (χ2n) is 2.88. The summed E-state index contributed by atoms with van der Waals surface area (Å²) in [5.41, 5.74) is 4.16. The molecule has 0 bridgehead atoms. The van der Waals surface area contributed by atoms with Crippen LogP contribution in [0.1, 0.15) is 19.4 Å². The van der Waals surface area contributed by atoms with E-state index in [0.717, 1.165) is 15.7 Å². The standard InChI is InChI=1S/C10H11BrN2O/c1-7(12-13-8(2)14)9-4-3-5-10(11)6-9/h3-6H,1-2H3,(H,13,14)/b12-7-. The molecule has 1 N–H and O–H groups in total. The van der Waals surface area contributed by atoms with Crippen LogP contribution in [-0.2, 0) is 4.79 Å². The van der Waals surface area contributed by atoms with Gasteiger partial charge in [-0.05, 0) is 24.6 Å². The van der Waals surface area contributed by atoms with Gasteiger partial charge in [-0.2, -0.15) is 5.10 Å². The molecule has 0 heterocycles. The minimum absolute atomic E-state index is 0.167. The molecular formula is C10H11BrN2O. The molecule has 0 radical (unpaired) electrons. The first-order valence-corrected chi connectivity index (χ1v) is 4.95. The Bertz CT molecular complexity index is 374. The lowest BCUT2D eigenvalue weighted by molar-refractivity contribution is -0.118. The summed E-state index contributed by atoms with van der Waals surface area (Å²) in [6.07, 6.45) is 0. The van der Waals surface area contributed by atoms with Crippen molar-refractivity contribution in [1.82, 2.24) is 5.43 Å². The molecule has 3 nitrogen and oxygen atoms in total. The fourth-order valence-electron chi connectivity index (χ4n) is 0.941. The third-order valence-corrected chi connectivity index (χ3v) is 2.12. The van der Waals surface area contributed by atoms with Gasteiger partial charge in [-0.25, -0.2) is 5.43 Å². The predicted molar refractivity (Wildman–Crippen MR) is 60.2 cm³/mol. The van der Waals surface area contributed by atoms with Gasteiger partial charge in [0.25, 0.3) is 0 Å². The fraction of sp³-hybridized carbons (Fsp3) is 0.200. The first-order chi connectivity index (χ1) is 6.59. The number of hydrogen-bond acceptors (Lipinski definition) is 2. The van der Waals surface area contributed by atoms with E-state index >= 15 is 0 Å². The molecule has 4 heteroatoms. The predicted octanol–water partition coefficient (Wildman–Crippen LogP) is 2.31. The number of nitrogens with one attached hydrogen (secondary N) is 1. The number of nitrogens with zero attached hydrogens (tertiary/aromatic N) is 1. The molecule has 0 aliphatic heterocycles. The number of carbonyl (C=O) groups excluding carboxylic acids is 1. The zero-order chi connectivity index (χ0) is 10.6. The summed E-state index contributed by atoms with van der Waals surface area (Å²) in [5.74, 6) is -0.167. The third-order valence-electron chi connectivity index (χ3n) is 1.62. The molecule has 1 amide bonds. The van der Waals surface area contributed by atoms with Gasteiger partial charge in [0, 0.05) is 11.4 Å². The number of hydrogen-bond donors (Lipinski definition) is 1.